The molecule has 0 spiro atoms. The molecule has 0 aromatic carbocycles. The minimum atomic E-state index is 0.307. The van der Waals surface area contributed by atoms with E-state index in [1.807, 2.05) is 30.7 Å². The Hall–Kier alpha value is -3.52. The van der Waals surface area contributed by atoms with Crippen LogP contribution in [0.25, 0.3) is 22.2 Å². The second-order valence-corrected chi connectivity index (χ2v) is 8.67. The van der Waals surface area contributed by atoms with Gasteiger partial charge in [-0.15, -0.1) is 0 Å². The predicted octanol–water partition coefficient (Wildman–Crippen LogP) is 5.29. The summed E-state index contributed by atoms with van der Waals surface area (Å²) in [4.78, 5) is 28.8. The van der Waals surface area contributed by atoms with E-state index in [2.05, 4.69) is 47.1 Å². The van der Waals surface area contributed by atoms with E-state index in [-0.39, 0.29) is 0 Å². The van der Waals surface area contributed by atoms with Crippen LogP contribution in [0.5, 0.6) is 0 Å². The number of ether oxygens (including phenoxy) is 1. The number of nitrogens with zero attached hydrogens (tertiary/aromatic N) is 4. The van der Waals surface area contributed by atoms with Gasteiger partial charge in [-0.3, -0.25) is 4.98 Å². The average molecular weight is 477 g/mol. The maximum Gasteiger partial charge on any atom is 0.135 e. The second kappa shape index (κ2) is 12.8. The summed E-state index contributed by atoms with van der Waals surface area (Å²) in [6.07, 6.45) is 13.2. The number of carbonyl (C=O) groups excluding carboxylic acids is 1. The predicted molar refractivity (Wildman–Crippen MR) is 141 cm³/mol. The number of carbonyl (C=O) groups is 1. The third-order valence-corrected chi connectivity index (χ3v) is 6.11. The van der Waals surface area contributed by atoms with Crippen molar-refractivity contribution in [1.29, 1.82) is 0 Å². The minimum Gasteiger partial charge on any atom is -0.504 e. The zero-order valence-electron chi connectivity index (χ0n) is 21.3. The van der Waals surface area contributed by atoms with E-state index in [4.69, 9.17) is 19.5 Å². The van der Waals surface area contributed by atoms with Gasteiger partial charge in [0.15, 0.2) is 0 Å². The lowest BCUT2D eigenvalue weighted by Gasteiger charge is -2.29. The summed E-state index contributed by atoms with van der Waals surface area (Å²) < 4.78 is 5.16. The molecule has 4 rings (SSSR count). The van der Waals surface area contributed by atoms with E-state index < -0.39 is 0 Å². The van der Waals surface area contributed by atoms with E-state index in [1.165, 1.54) is 12.5 Å². The molecule has 8 nitrogen and oxygen atoms in total. The highest BCUT2D eigenvalue weighted by Gasteiger charge is 2.23. The molecule has 1 aliphatic rings. The Balaban J connectivity index is 0.00000108. The number of likely N-dealkylation sites (tertiary alicyclic amines) is 1. The van der Waals surface area contributed by atoms with Gasteiger partial charge in [0, 0.05) is 47.6 Å². The zero-order chi connectivity index (χ0) is 25.2. The lowest BCUT2D eigenvalue weighted by Crippen LogP contribution is -2.31. The molecule has 1 fully saturated rings. The molecule has 1 atom stereocenters. The highest BCUT2D eigenvalue weighted by Crippen LogP contribution is 2.31. The van der Waals surface area contributed by atoms with Crippen LogP contribution in [0, 0.1) is 0 Å². The van der Waals surface area contributed by atoms with Crippen LogP contribution in [-0.4, -0.2) is 58.4 Å². The standard InChI is InChI=1S/C25H32N6O.C2H4O/c1-5-17(2)21(9-12-32-4)28-24-13-22(20-14-26-15-23-19(20)8-10-27-23)29-25(30-24)18-7-6-11-31(3)16-18;1-2-3/h8-10,12-15,18,27H,5-7,11,16H2,1-4H3,(H,28,29,30);2H,1H3/b12-9-,21-17?;. The van der Waals surface area contributed by atoms with E-state index in [1.54, 1.807) is 13.4 Å². The summed E-state index contributed by atoms with van der Waals surface area (Å²) in [5.41, 5.74) is 5.10. The fourth-order valence-electron chi connectivity index (χ4n) is 4.17. The van der Waals surface area contributed by atoms with E-state index >= 15 is 0 Å². The summed E-state index contributed by atoms with van der Waals surface area (Å²) in [7, 11) is 3.82. The molecule has 1 saturated heterocycles. The van der Waals surface area contributed by atoms with E-state index in [0.717, 1.165) is 78.1 Å². The highest BCUT2D eigenvalue weighted by atomic mass is 16.5. The maximum absolute atomic E-state index is 8.81. The summed E-state index contributed by atoms with van der Waals surface area (Å²) >= 11 is 0. The van der Waals surface area contributed by atoms with Gasteiger partial charge in [0.2, 0.25) is 0 Å². The fourth-order valence-corrected chi connectivity index (χ4v) is 4.17. The third-order valence-electron chi connectivity index (χ3n) is 6.11. The molecule has 0 aliphatic carbocycles. The number of hydrogen-bond acceptors (Lipinski definition) is 7. The Bertz CT molecular complexity index is 1180. The number of aromatic amines is 1. The largest absolute Gasteiger partial charge is 0.504 e. The summed E-state index contributed by atoms with van der Waals surface area (Å²) in [5, 5.41) is 4.63. The van der Waals surface area contributed by atoms with Gasteiger partial charge in [0.1, 0.15) is 17.9 Å². The van der Waals surface area contributed by atoms with Crippen LogP contribution < -0.4 is 5.32 Å². The van der Waals surface area contributed by atoms with Crippen molar-refractivity contribution in [2.24, 2.45) is 0 Å². The summed E-state index contributed by atoms with van der Waals surface area (Å²) in [6, 6.07) is 4.09. The van der Waals surface area contributed by atoms with Crippen molar-refractivity contribution >= 4 is 23.0 Å². The van der Waals surface area contributed by atoms with Gasteiger partial charge < -0.3 is 24.7 Å². The van der Waals surface area contributed by atoms with E-state index in [0.29, 0.717) is 5.92 Å². The molecule has 0 saturated carbocycles. The molecule has 4 heterocycles. The topological polar surface area (TPSA) is 96.0 Å². The summed E-state index contributed by atoms with van der Waals surface area (Å²) in [6.45, 7) is 7.80. The second-order valence-electron chi connectivity index (χ2n) is 8.67. The number of hydrogen-bond donors (Lipinski definition) is 2. The first kappa shape index (κ1) is 26.1. The maximum atomic E-state index is 8.81. The van der Waals surface area contributed by atoms with Gasteiger partial charge in [-0.2, -0.15) is 0 Å². The van der Waals surface area contributed by atoms with Crippen LogP contribution in [0.4, 0.5) is 5.82 Å². The van der Waals surface area contributed by atoms with Gasteiger partial charge >= 0.3 is 0 Å². The Kier molecular flexibility index (Phi) is 9.55. The minimum absolute atomic E-state index is 0.307. The smallest absolute Gasteiger partial charge is 0.135 e. The van der Waals surface area contributed by atoms with Gasteiger partial charge in [0.05, 0.1) is 30.8 Å². The van der Waals surface area contributed by atoms with Crippen LogP contribution in [0.2, 0.25) is 0 Å². The van der Waals surface area contributed by atoms with Crippen LogP contribution in [0.3, 0.4) is 0 Å². The number of nitrogens with one attached hydrogen (secondary N) is 2. The van der Waals surface area contributed by atoms with Crippen molar-refractivity contribution in [3.05, 3.63) is 60.2 Å². The molecule has 186 valence electrons. The molecule has 1 unspecified atom stereocenters. The Morgan fingerprint density at radius 1 is 1.34 bits per heavy atom. The van der Waals surface area contributed by atoms with Crippen molar-refractivity contribution in [3.63, 3.8) is 0 Å². The quantitative estimate of drug-likeness (QED) is 0.272. The number of allylic oxidation sites excluding steroid dienone is 2. The van der Waals surface area contributed by atoms with Crippen molar-refractivity contribution in [1.82, 2.24) is 24.8 Å². The fraction of sp³-hybridized carbons (Fsp3) is 0.407. The molecule has 0 bridgehead atoms. The molecule has 8 heteroatoms. The number of aromatic nitrogens is 4. The van der Waals surface area contributed by atoms with Crippen molar-refractivity contribution in [2.75, 3.05) is 32.6 Å². The SMILES string of the molecule is CC=O.CCC(C)=C(/C=C\OC)Nc1cc(-c2cncc3[nH]ccc23)nc(C2CCCN(C)C2)n1. The van der Waals surface area contributed by atoms with Crippen LogP contribution in [0.1, 0.15) is 51.8 Å². The van der Waals surface area contributed by atoms with Gasteiger partial charge in [-0.1, -0.05) is 6.92 Å². The van der Waals surface area contributed by atoms with E-state index in [9.17, 15) is 0 Å². The number of pyridine rings is 1. The number of rotatable bonds is 7. The summed E-state index contributed by atoms with van der Waals surface area (Å²) in [5.74, 6) is 1.98. The number of H-pyrrole nitrogens is 1. The number of aldehydes is 1. The first-order valence-electron chi connectivity index (χ1n) is 12.1. The average Bonchev–Trinajstić information content (AvgIpc) is 3.35. The molecule has 0 amide bonds. The van der Waals surface area contributed by atoms with Crippen molar-refractivity contribution in [2.45, 2.75) is 46.0 Å². The molecule has 3 aromatic heterocycles. The van der Waals surface area contributed by atoms with Gasteiger partial charge in [-0.05, 0) is 64.4 Å². The Morgan fingerprint density at radius 2 is 2.14 bits per heavy atom. The highest BCUT2D eigenvalue weighted by molar-refractivity contribution is 5.93. The monoisotopic (exact) mass is 476 g/mol. The zero-order valence-corrected chi connectivity index (χ0v) is 21.3. The number of methoxy groups -OCH3 is 1. The molecule has 0 radical (unpaired) electrons. The third kappa shape index (κ3) is 6.76. The van der Waals surface area contributed by atoms with Crippen LogP contribution >= 0.6 is 0 Å². The molecule has 3 aromatic rings. The molecule has 35 heavy (non-hydrogen) atoms. The lowest BCUT2D eigenvalue weighted by atomic mass is 9.97. The Labute approximate surface area is 207 Å². The first-order chi connectivity index (χ1) is 17.0. The normalized spacial score (nSPS) is 17.0. The lowest BCUT2D eigenvalue weighted by molar-refractivity contribution is -0.106. The van der Waals surface area contributed by atoms with Crippen LogP contribution in [-0.2, 0) is 9.53 Å². The van der Waals surface area contributed by atoms with Crippen LogP contribution in [0.15, 0.2) is 54.3 Å². The molecular formula is C27H36N6O2. The van der Waals surface area contributed by atoms with Crippen molar-refractivity contribution in [3.8, 4) is 11.3 Å². The number of piperidine rings is 1. The number of fused-ring (bicyclic) bond motifs is 1. The molecular weight excluding hydrogens is 440 g/mol. The first-order valence-corrected chi connectivity index (χ1v) is 12.1. The van der Waals surface area contributed by atoms with Gasteiger partial charge in [0.25, 0.3) is 0 Å². The molecule has 2 N–H and O–H groups in total. The number of likely N-dealkylation sites (N-methyl/N-ethyl adjacent to an activating group) is 1. The Morgan fingerprint density at radius 3 is 2.86 bits per heavy atom. The van der Waals surface area contributed by atoms with Gasteiger partial charge in [-0.25, -0.2) is 9.97 Å². The molecule has 1 aliphatic heterocycles. The number of anilines is 1. The van der Waals surface area contributed by atoms with Crippen molar-refractivity contribution < 1.29 is 9.53 Å².